The van der Waals surface area contributed by atoms with Crippen LogP contribution in [0.25, 0.3) is 0 Å². The molecule has 0 aliphatic carbocycles. The Kier molecular flexibility index (Phi) is 6.06. The molecule has 0 radical (unpaired) electrons. The summed E-state index contributed by atoms with van der Waals surface area (Å²) in [6.07, 6.45) is 8.95. The van der Waals surface area contributed by atoms with Crippen LogP contribution >= 0.6 is 0 Å². The van der Waals surface area contributed by atoms with Crippen molar-refractivity contribution in [2.45, 2.75) is 61.9 Å². The molecule has 4 rings (SSSR count). The Hall–Kier alpha value is -1.74. The number of ether oxygens (including phenoxy) is 1. The Bertz CT molecular complexity index is 840. The number of likely N-dealkylation sites (tertiary alicyclic amines) is 1. The number of piperidine rings is 2. The smallest absolute Gasteiger partial charge is 0.251 e. The Morgan fingerprint density at radius 2 is 1.79 bits per heavy atom. The summed E-state index contributed by atoms with van der Waals surface area (Å²) in [5.41, 5.74) is 0.618. The molecule has 1 aromatic rings. The molecule has 1 aromatic heterocycles. The van der Waals surface area contributed by atoms with Crippen molar-refractivity contribution in [2.75, 3.05) is 43.9 Å². The standard InChI is InChI=1S/C20H30N4O4S/c1-29(26,27)17-14-21-20(24-9-3-2-4-10-24)22-18(17)15-7-11-23(12-8-15)19(25)16-6-5-13-28-16/h14-16H,2-13H2,1H3. The van der Waals surface area contributed by atoms with E-state index in [1.54, 1.807) is 0 Å². The van der Waals surface area contributed by atoms with Crippen LogP contribution in [0.5, 0.6) is 0 Å². The van der Waals surface area contributed by atoms with Crippen molar-refractivity contribution in [1.29, 1.82) is 0 Å². The summed E-state index contributed by atoms with van der Waals surface area (Å²) in [5.74, 6) is 0.714. The van der Waals surface area contributed by atoms with Crippen molar-refractivity contribution in [3.63, 3.8) is 0 Å². The third-order valence-corrected chi connectivity index (χ3v) is 7.32. The number of anilines is 1. The Morgan fingerprint density at radius 3 is 2.41 bits per heavy atom. The highest BCUT2D eigenvalue weighted by molar-refractivity contribution is 7.90. The quantitative estimate of drug-likeness (QED) is 0.730. The molecule has 0 bridgehead atoms. The highest BCUT2D eigenvalue weighted by Gasteiger charge is 2.33. The maximum Gasteiger partial charge on any atom is 0.251 e. The molecule has 1 atom stereocenters. The number of rotatable bonds is 4. The summed E-state index contributed by atoms with van der Waals surface area (Å²) >= 11 is 0. The lowest BCUT2D eigenvalue weighted by Crippen LogP contribution is -2.43. The van der Waals surface area contributed by atoms with Gasteiger partial charge in [-0.2, -0.15) is 0 Å². The van der Waals surface area contributed by atoms with E-state index in [2.05, 4.69) is 9.88 Å². The second-order valence-electron chi connectivity index (χ2n) is 8.34. The van der Waals surface area contributed by atoms with E-state index in [4.69, 9.17) is 9.72 Å². The van der Waals surface area contributed by atoms with E-state index in [0.29, 0.717) is 44.2 Å². The zero-order valence-corrected chi connectivity index (χ0v) is 17.9. The zero-order chi connectivity index (χ0) is 20.4. The molecule has 0 saturated carbocycles. The van der Waals surface area contributed by atoms with Gasteiger partial charge in [-0.1, -0.05) is 0 Å². The van der Waals surface area contributed by atoms with Gasteiger partial charge in [0.25, 0.3) is 5.91 Å². The minimum Gasteiger partial charge on any atom is -0.368 e. The lowest BCUT2D eigenvalue weighted by atomic mass is 9.93. The lowest BCUT2D eigenvalue weighted by Gasteiger charge is -2.34. The van der Waals surface area contributed by atoms with Gasteiger partial charge in [0, 0.05) is 45.0 Å². The molecule has 0 aromatic carbocycles. The van der Waals surface area contributed by atoms with E-state index in [-0.39, 0.29) is 22.8 Å². The predicted molar refractivity (Wildman–Crippen MR) is 109 cm³/mol. The van der Waals surface area contributed by atoms with E-state index in [9.17, 15) is 13.2 Å². The predicted octanol–water partition coefficient (Wildman–Crippen LogP) is 1.76. The number of hydrogen-bond acceptors (Lipinski definition) is 7. The largest absolute Gasteiger partial charge is 0.368 e. The number of carbonyl (C=O) groups is 1. The molecule has 3 fully saturated rings. The third-order valence-electron chi connectivity index (χ3n) is 6.21. The van der Waals surface area contributed by atoms with Crippen molar-refractivity contribution < 1.29 is 17.9 Å². The van der Waals surface area contributed by atoms with Crippen molar-refractivity contribution in [2.24, 2.45) is 0 Å². The van der Waals surface area contributed by atoms with Crippen molar-refractivity contribution in [3.8, 4) is 0 Å². The first kappa shape index (κ1) is 20.5. The van der Waals surface area contributed by atoms with Crippen LogP contribution in [-0.4, -0.2) is 74.3 Å². The maximum absolute atomic E-state index is 12.6. The highest BCUT2D eigenvalue weighted by Crippen LogP contribution is 2.33. The minimum atomic E-state index is -3.42. The highest BCUT2D eigenvalue weighted by atomic mass is 32.2. The molecule has 0 spiro atoms. The molecule has 29 heavy (non-hydrogen) atoms. The van der Waals surface area contributed by atoms with Crippen LogP contribution in [0.3, 0.4) is 0 Å². The summed E-state index contributed by atoms with van der Waals surface area (Å²) in [4.78, 5) is 26.0. The molecule has 3 saturated heterocycles. The molecule has 160 valence electrons. The zero-order valence-electron chi connectivity index (χ0n) is 17.0. The molecule has 4 heterocycles. The Morgan fingerprint density at radius 1 is 1.07 bits per heavy atom. The van der Waals surface area contributed by atoms with Gasteiger partial charge in [0.15, 0.2) is 9.84 Å². The number of sulfone groups is 1. The summed E-state index contributed by atoms with van der Waals surface area (Å²) in [5, 5.41) is 0. The maximum atomic E-state index is 12.6. The number of carbonyl (C=O) groups excluding carboxylic acids is 1. The summed E-state index contributed by atoms with van der Waals surface area (Å²) in [6, 6.07) is 0. The van der Waals surface area contributed by atoms with E-state index in [0.717, 1.165) is 38.8 Å². The van der Waals surface area contributed by atoms with Crippen LogP contribution in [0.15, 0.2) is 11.1 Å². The lowest BCUT2D eigenvalue weighted by molar-refractivity contribution is -0.142. The van der Waals surface area contributed by atoms with Gasteiger partial charge in [0.2, 0.25) is 5.95 Å². The van der Waals surface area contributed by atoms with Gasteiger partial charge >= 0.3 is 0 Å². The number of hydrogen-bond donors (Lipinski definition) is 0. The molecule has 8 nitrogen and oxygen atoms in total. The molecule has 9 heteroatoms. The van der Waals surface area contributed by atoms with Gasteiger partial charge in [-0.05, 0) is 44.9 Å². The first-order valence-electron chi connectivity index (χ1n) is 10.7. The fourth-order valence-corrected chi connectivity index (χ4v) is 5.38. The van der Waals surface area contributed by atoms with Crippen LogP contribution in [0, 0.1) is 0 Å². The van der Waals surface area contributed by atoms with Gasteiger partial charge in [0.05, 0.1) is 11.9 Å². The number of amides is 1. The second kappa shape index (κ2) is 8.55. The SMILES string of the molecule is CS(=O)(=O)c1cnc(N2CCCCC2)nc1C1CCN(C(=O)C2CCCO2)CC1. The molecular formula is C20H30N4O4S. The monoisotopic (exact) mass is 422 g/mol. The summed E-state index contributed by atoms with van der Waals surface area (Å²) in [6.45, 7) is 3.69. The van der Waals surface area contributed by atoms with Crippen LogP contribution in [0.4, 0.5) is 5.95 Å². The minimum absolute atomic E-state index is 0.0137. The topological polar surface area (TPSA) is 92.7 Å². The van der Waals surface area contributed by atoms with E-state index < -0.39 is 9.84 Å². The van der Waals surface area contributed by atoms with Gasteiger partial charge in [-0.15, -0.1) is 0 Å². The van der Waals surface area contributed by atoms with E-state index >= 15 is 0 Å². The fraction of sp³-hybridized carbons (Fsp3) is 0.750. The second-order valence-corrected chi connectivity index (χ2v) is 10.3. The third kappa shape index (κ3) is 4.55. The molecule has 0 N–H and O–H groups in total. The number of nitrogens with zero attached hydrogens (tertiary/aromatic N) is 4. The van der Waals surface area contributed by atoms with Crippen LogP contribution in [0.2, 0.25) is 0 Å². The molecule has 1 unspecified atom stereocenters. The molecule has 1 amide bonds. The average molecular weight is 423 g/mol. The Balaban J connectivity index is 1.52. The average Bonchev–Trinajstić information content (AvgIpc) is 3.28. The molecule has 3 aliphatic rings. The van der Waals surface area contributed by atoms with Crippen LogP contribution in [0.1, 0.15) is 56.6 Å². The fourth-order valence-electron chi connectivity index (χ4n) is 4.55. The normalized spacial score (nSPS) is 24.1. The van der Waals surface area contributed by atoms with Crippen molar-refractivity contribution in [1.82, 2.24) is 14.9 Å². The Labute approximate surface area is 172 Å². The summed E-state index contributed by atoms with van der Waals surface area (Å²) < 4.78 is 30.2. The van der Waals surface area contributed by atoms with Gasteiger partial charge in [-0.3, -0.25) is 4.79 Å². The molecular weight excluding hydrogens is 392 g/mol. The van der Waals surface area contributed by atoms with Gasteiger partial charge < -0.3 is 14.5 Å². The van der Waals surface area contributed by atoms with Gasteiger partial charge in [-0.25, -0.2) is 18.4 Å². The first-order valence-corrected chi connectivity index (χ1v) is 12.5. The number of aromatic nitrogens is 2. The van der Waals surface area contributed by atoms with Crippen LogP contribution < -0.4 is 4.90 Å². The van der Waals surface area contributed by atoms with Gasteiger partial charge in [0.1, 0.15) is 11.0 Å². The van der Waals surface area contributed by atoms with Crippen molar-refractivity contribution in [3.05, 3.63) is 11.9 Å². The summed E-state index contributed by atoms with van der Waals surface area (Å²) in [7, 11) is -3.42. The first-order chi connectivity index (χ1) is 13.9. The van der Waals surface area contributed by atoms with Crippen molar-refractivity contribution >= 4 is 21.7 Å². The van der Waals surface area contributed by atoms with Crippen LogP contribution in [-0.2, 0) is 19.4 Å². The molecule has 3 aliphatic heterocycles. The van der Waals surface area contributed by atoms with E-state index in [1.165, 1.54) is 18.9 Å². The van der Waals surface area contributed by atoms with E-state index in [1.807, 2.05) is 4.90 Å².